The average Bonchev–Trinajstić information content (AvgIpc) is 2.51. The Morgan fingerprint density at radius 1 is 1.23 bits per heavy atom. The van der Waals surface area contributed by atoms with E-state index in [1.807, 2.05) is 0 Å². The largest absolute Gasteiger partial charge is 0.466 e. The van der Waals surface area contributed by atoms with Crippen LogP contribution >= 0.6 is 11.6 Å². The number of hydrogen-bond acceptors (Lipinski definition) is 4. The van der Waals surface area contributed by atoms with Crippen LogP contribution in [0, 0.1) is 0 Å². The van der Waals surface area contributed by atoms with Crippen molar-refractivity contribution in [2.24, 2.45) is 0 Å². The number of amides is 2. The summed E-state index contributed by atoms with van der Waals surface area (Å²) in [7, 11) is 0. The summed E-state index contributed by atoms with van der Waals surface area (Å²) >= 11 is 5.54. The maximum Gasteiger partial charge on any atom is 0.315 e. The lowest BCUT2D eigenvalue weighted by Crippen LogP contribution is -2.47. The summed E-state index contributed by atoms with van der Waals surface area (Å²) in [5, 5.41) is 1.06. The zero-order valence-corrected chi connectivity index (χ0v) is 13.1. The number of nitrogens with one attached hydrogen (secondary N) is 1. The quantitative estimate of drug-likeness (QED) is 0.360. The molecule has 22 heavy (non-hydrogen) atoms. The van der Waals surface area contributed by atoms with Crippen molar-refractivity contribution in [3.05, 3.63) is 30.3 Å². The summed E-state index contributed by atoms with van der Waals surface area (Å²) in [5.74, 6) is -1.19. The Morgan fingerprint density at radius 3 is 2.50 bits per heavy atom. The molecule has 0 aliphatic rings. The molecule has 7 heteroatoms. The minimum Gasteiger partial charge on any atom is -0.466 e. The van der Waals surface area contributed by atoms with Crippen LogP contribution in [0.3, 0.4) is 0 Å². The number of hydrazine groups is 1. The van der Waals surface area contributed by atoms with Crippen LogP contribution in [0.15, 0.2) is 30.3 Å². The molecule has 0 saturated carbocycles. The highest BCUT2D eigenvalue weighted by molar-refractivity contribution is 6.17. The number of carbonyl (C=O) groups is 3. The number of benzene rings is 1. The first-order chi connectivity index (χ1) is 10.6. The molecule has 1 aromatic rings. The van der Waals surface area contributed by atoms with Gasteiger partial charge in [-0.25, -0.2) is 5.01 Å². The molecule has 120 valence electrons. The van der Waals surface area contributed by atoms with Crippen molar-refractivity contribution < 1.29 is 19.1 Å². The van der Waals surface area contributed by atoms with Gasteiger partial charge >= 0.3 is 5.97 Å². The summed E-state index contributed by atoms with van der Waals surface area (Å²) in [4.78, 5) is 35.5. The predicted molar refractivity (Wildman–Crippen MR) is 83.3 cm³/mol. The molecular weight excluding hydrogens is 308 g/mol. The first-order valence-corrected chi connectivity index (χ1v) is 7.51. The fourth-order valence-corrected chi connectivity index (χ4v) is 1.80. The van der Waals surface area contributed by atoms with E-state index in [0.29, 0.717) is 18.0 Å². The second kappa shape index (κ2) is 9.78. The zero-order valence-electron chi connectivity index (χ0n) is 12.4. The Hall–Kier alpha value is -2.08. The molecule has 0 atom stereocenters. The third-order valence-corrected chi connectivity index (χ3v) is 2.91. The number of alkyl halides is 1. The van der Waals surface area contributed by atoms with Crippen LogP contribution < -0.4 is 10.4 Å². The van der Waals surface area contributed by atoms with Gasteiger partial charge in [0.05, 0.1) is 12.3 Å². The number of nitrogens with zero attached hydrogens (tertiary/aromatic N) is 1. The van der Waals surface area contributed by atoms with E-state index < -0.39 is 18.3 Å². The van der Waals surface area contributed by atoms with Crippen LogP contribution in [0.25, 0.3) is 0 Å². The Labute approximate surface area is 134 Å². The highest BCUT2D eigenvalue weighted by Crippen LogP contribution is 2.13. The van der Waals surface area contributed by atoms with E-state index in [1.165, 1.54) is 0 Å². The molecule has 0 radical (unpaired) electrons. The van der Waals surface area contributed by atoms with Crippen LogP contribution in [0.4, 0.5) is 5.69 Å². The fourth-order valence-electron chi connectivity index (χ4n) is 1.67. The molecule has 1 rings (SSSR count). The number of anilines is 1. The zero-order chi connectivity index (χ0) is 16.4. The third kappa shape index (κ3) is 6.13. The molecule has 0 saturated heterocycles. The van der Waals surface area contributed by atoms with Crippen molar-refractivity contribution in [1.29, 1.82) is 0 Å². The SMILES string of the molecule is CCOC(=O)CC(=O)N(NC(=O)CCCCl)c1ccccc1. The van der Waals surface area contributed by atoms with Crippen LogP contribution in [-0.4, -0.2) is 30.3 Å². The molecule has 6 nitrogen and oxygen atoms in total. The lowest BCUT2D eigenvalue weighted by molar-refractivity contribution is -0.146. The Balaban J connectivity index is 2.80. The first kappa shape index (κ1) is 18.0. The van der Waals surface area contributed by atoms with Gasteiger partial charge in [0, 0.05) is 12.3 Å². The lowest BCUT2D eigenvalue weighted by Gasteiger charge is -2.23. The summed E-state index contributed by atoms with van der Waals surface area (Å²) in [5.41, 5.74) is 2.96. The Bertz CT molecular complexity index is 508. The fraction of sp³-hybridized carbons (Fsp3) is 0.400. The van der Waals surface area contributed by atoms with Gasteiger partial charge in [-0.05, 0) is 25.5 Å². The second-order valence-electron chi connectivity index (χ2n) is 4.37. The molecule has 0 bridgehead atoms. The van der Waals surface area contributed by atoms with E-state index in [0.717, 1.165) is 5.01 Å². The average molecular weight is 327 g/mol. The van der Waals surface area contributed by atoms with E-state index in [9.17, 15) is 14.4 Å². The number of para-hydroxylation sites is 1. The van der Waals surface area contributed by atoms with E-state index in [1.54, 1.807) is 37.3 Å². The molecule has 2 amide bonds. The van der Waals surface area contributed by atoms with Crippen LogP contribution in [0.2, 0.25) is 0 Å². The van der Waals surface area contributed by atoms with Gasteiger partial charge in [-0.3, -0.25) is 19.8 Å². The molecular formula is C15H19ClN2O4. The van der Waals surface area contributed by atoms with Gasteiger partial charge < -0.3 is 4.74 Å². The third-order valence-electron chi connectivity index (χ3n) is 2.64. The van der Waals surface area contributed by atoms with Crippen molar-refractivity contribution in [2.75, 3.05) is 17.5 Å². The van der Waals surface area contributed by atoms with E-state index in [4.69, 9.17) is 16.3 Å². The minimum atomic E-state index is -0.636. The summed E-state index contributed by atoms with van der Waals surface area (Å²) < 4.78 is 4.75. The van der Waals surface area contributed by atoms with Gasteiger partial charge in [-0.1, -0.05) is 18.2 Å². The monoisotopic (exact) mass is 326 g/mol. The van der Waals surface area contributed by atoms with E-state index in [-0.39, 0.29) is 18.9 Å². The number of esters is 1. The molecule has 0 heterocycles. The molecule has 0 fully saturated rings. The van der Waals surface area contributed by atoms with E-state index in [2.05, 4.69) is 5.43 Å². The second-order valence-corrected chi connectivity index (χ2v) is 4.75. The topological polar surface area (TPSA) is 75.7 Å². The minimum absolute atomic E-state index is 0.194. The number of halogens is 1. The number of carbonyl (C=O) groups excluding carboxylic acids is 3. The molecule has 0 spiro atoms. The van der Waals surface area contributed by atoms with Gasteiger partial charge in [0.2, 0.25) is 5.91 Å². The summed E-state index contributed by atoms with van der Waals surface area (Å²) in [6.45, 7) is 1.85. The maximum atomic E-state index is 12.2. The van der Waals surface area contributed by atoms with Gasteiger partial charge in [0.25, 0.3) is 5.91 Å². The number of rotatable bonds is 7. The number of ether oxygens (including phenoxy) is 1. The highest BCUT2D eigenvalue weighted by atomic mass is 35.5. The van der Waals surface area contributed by atoms with Crippen molar-refractivity contribution in [3.8, 4) is 0 Å². The van der Waals surface area contributed by atoms with Crippen molar-refractivity contribution in [1.82, 2.24) is 5.43 Å². The van der Waals surface area contributed by atoms with Crippen molar-refractivity contribution in [2.45, 2.75) is 26.2 Å². The predicted octanol–water partition coefficient (Wildman–Crippen LogP) is 2.02. The normalized spacial score (nSPS) is 9.91. The Morgan fingerprint density at radius 2 is 1.91 bits per heavy atom. The molecule has 0 aromatic heterocycles. The van der Waals surface area contributed by atoms with E-state index >= 15 is 0 Å². The first-order valence-electron chi connectivity index (χ1n) is 6.97. The lowest BCUT2D eigenvalue weighted by atomic mass is 10.3. The van der Waals surface area contributed by atoms with Crippen molar-refractivity contribution >= 4 is 35.1 Å². The van der Waals surface area contributed by atoms with Crippen LogP contribution in [0.1, 0.15) is 26.2 Å². The van der Waals surface area contributed by atoms with Gasteiger partial charge in [-0.15, -0.1) is 11.6 Å². The molecule has 1 N–H and O–H groups in total. The number of hydrogen-bond donors (Lipinski definition) is 1. The van der Waals surface area contributed by atoms with Gasteiger partial charge in [0.15, 0.2) is 0 Å². The maximum absolute atomic E-state index is 12.2. The summed E-state index contributed by atoms with van der Waals surface area (Å²) in [6, 6.07) is 8.55. The van der Waals surface area contributed by atoms with Crippen molar-refractivity contribution in [3.63, 3.8) is 0 Å². The van der Waals surface area contributed by atoms with Crippen LogP contribution in [-0.2, 0) is 19.1 Å². The highest BCUT2D eigenvalue weighted by Gasteiger charge is 2.21. The summed E-state index contributed by atoms with van der Waals surface area (Å²) in [6.07, 6.45) is 0.250. The van der Waals surface area contributed by atoms with Gasteiger partial charge in [0.1, 0.15) is 6.42 Å². The molecule has 0 aliphatic heterocycles. The molecule has 0 unspecified atom stereocenters. The smallest absolute Gasteiger partial charge is 0.315 e. The molecule has 0 aliphatic carbocycles. The Kier molecular flexibility index (Phi) is 7.99. The van der Waals surface area contributed by atoms with Gasteiger partial charge in [-0.2, -0.15) is 0 Å². The van der Waals surface area contributed by atoms with Crippen LogP contribution in [0.5, 0.6) is 0 Å². The molecule has 1 aromatic carbocycles. The standard InChI is InChI=1S/C15H19ClN2O4/c1-2-22-15(21)11-14(20)18(12-7-4-3-5-8-12)17-13(19)9-6-10-16/h3-5,7-8H,2,6,9-11H2,1H3,(H,17,19).